The standard InChI is InChI=1S/C16H16BrNO5S/c1-18-24(20,21)15-9-11(7-8-14(15)22-2)16(19)23-10-12-5-3-4-6-13(12)17/h3-9,18H,10H2,1-2H3. The fourth-order valence-electron chi connectivity index (χ4n) is 1.97. The summed E-state index contributed by atoms with van der Waals surface area (Å²) in [6, 6.07) is 11.4. The van der Waals surface area contributed by atoms with Crippen LogP contribution in [-0.4, -0.2) is 28.5 Å². The van der Waals surface area contributed by atoms with Gasteiger partial charge in [-0.25, -0.2) is 17.9 Å². The van der Waals surface area contributed by atoms with Crippen LogP contribution in [0.25, 0.3) is 0 Å². The van der Waals surface area contributed by atoms with Gasteiger partial charge >= 0.3 is 5.97 Å². The molecule has 2 rings (SSSR count). The first-order valence-electron chi connectivity index (χ1n) is 6.91. The number of methoxy groups -OCH3 is 1. The van der Waals surface area contributed by atoms with Gasteiger partial charge in [0.2, 0.25) is 10.0 Å². The number of sulfonamides is 1. The fraction of sp³-hybridized carbons (Fsp3) is 0.188. The maximum atomic E-state index is 12.2. The maximum absolute atomic E-state index is 12.2. The Morgan fingerprint density at radius 2 is 1.92 bits per heavy atom. The van der Waals surface area contributed by atoms with Gasteiger partial charge in [0.1, 0.15) is 17.3 Å². The molecule has 8 heteroatoms. The Kier molecular flexibility index (Phi) is 5.98. The smallest absolute Gasteiger partial charge is 0.338 e. The van der Waals surface area contributed by atoms with E-state index in [1.54, 1.807) is 0 Å². The predicted molar refractivity (Wildman–Crippen MR) is 92.5 cm³/mol. The lowest BCUT2D eigenvalue weighted by molar-refractivity contribution is 0.0471. The molecule has 2 aromatic rings. The SMILES string of the molecule is CNS(=O)(=O)c1cc(C(=O)OCc2ccccc2Br)ccc1OC. The summed E-state index contributed by atoms with van der Waals surface area (Å²) in [4.78, 5) is 12.1. The number of nitrogens with one attached hydrogen (secondary N) is 1. The van der Waals surface area contributed by atoms with Gasteiger partial charge in [0, 0.05) is 10.0 Å². The number of carbonyl (C=O) groups is 1. The number of esters is 1. The highest BCUT2D eigenvalue weighted by molar-refractivity contribution is 9.10. The Balaban J connectivity index is 2.24. The molecule has 0 aliphatic carbocycles. The highest BCUT2D eigenvalue weighted by Crippen LogP contribution is 2.25. The van der Waals surface area contributed by atoms with Crippen molar-refractivity contribution in [3.8, 4) is 5.75 Å². The molecule has 0 spiro atoms. The van der Waals surface area contributed by atoms with E-state index in [1.165, 1.54) is 32.4 Å². The Bertz CT molecular complexity index is 851. The van der Waals surface area contributed by atoms with Gasteiger partial charge in [-0.05, 0) is 31.3 Å². The van der Waals surface area contributed by atoms with Crippen molar-refractivity contribution in [2.24, 2.45) is 0 Å². The Labute approximate surface area is 149 Å². The third-order valence-corrected chi connectivity index (χ3v) is 5.48. The van der Waals surface area contributed by atoms with Crippen LogP contribution in [0.5, 0.6) is 5.75 Å². The predicted octanol–water partition coefficient (Wildman–Crippen LogP) is 2.72. The average Bonchev–Trinajstić information content (AvgIpc) is 2.60. The number of carbonyl (C=O) groups excluding carboxylic acids is 1. The molecule has 24 heavy (non-hydrogen) atoms. The topological polar surface area (TPSA) is 81.7 Å². The van der Waals surface area contributed by atoms with Gasteiger partial charge < -0.3 is 9.47 Å². The number of rotatable bonds is 6. The highest BCUT2D eigenvalue weighted by atomic mass is 79.9. The molecule has 0 bridgehead atoms. The zero-order valence-corrected chi connectivity index (χ0v) is 15.5. The third kappa shape index (κ3) is 4.14. The van der Waals surface area contributed by atoms with E-state index in [2.05, 4.69) is 20.7 Å². The summed E-state index contributed by atoms with van der Waals surface area (Å²) >= 11 is 3.37. The first-order chi connectivity index (χ1) is 11.4. The van der Waals surface area contributed by atoms with Crippen LogP contribution in [0, 0.1) is 0 Å². The Morgan fingerprint density at radius 1 is 1.21 bits per heavy atom. The van der Waals surface area contributed by atoms with E-state index in [4.69, 9.17) is 9.47 Å². The Hall–Kier alpha value is -1.90. The number of benzene rings is 2. The van der Waals surface area contributed by atoms with Crippen LogP contribution >= 0.6 is 15.9 Å². The van der Waals surface area contributed by atoms with Crippen molar-refractivity contribution in [1.29, 1.82) is 0 Å². The molecule has 128 valence electrons. The molecule has 0 heterocycles. The van der Waals surface area contributed by atoms with E-state index >= 15 is 0 Å². The lowest BCUT2D eigenvalue weighted by Gasteiger charge is -2.11. The molecule has 0 amide bonds. The minimum Gasteiger partial charge on any atom is -0.495 e. The van der Waals surface area contributed by atoms with Crippen LogP contribution in [0.2, 0.25) is 0 Å². The maximum Gasteiger partial charge on any atom is 0.338 e. The molecule has 0 saturated carbocycles. The van der Waals surface area contributed by atoms with Crippen molar-refractivity contribution in [1.82, 2.24) is 4.72 Å². The molecule has 2 aromatic carbocycles. The molecule has 0 fully saturated rings. The molecule has 0 aliphatic heterocycles. The summed E-state index contributed by atoms with van der Waals surface area (Å²) in [5, 5.41) is 0. The number of hydrogen-bond acceptors (Lipinski definition) is 5. The minimum atomic E-state index is -3.76. The van der Waals surface area contributed by atoms with Crippen LogP contribution in [0.4, 0.5) is 0 Å². The van der Waals surface area contributed by atoms with Crippen molar-refractivity contribution in [2.75, 3.05) is 14.2 Å². The molecule has 0 radical (unpaired) electrons. The summed E-state index contributed by atoms with van der Waals surface area (Å²) in [6.45, 7) is 0.0698. The van der Waals surface area contributed by atoms with E-state index in [-0.39, 0.29) is 22.8 Å². The second kappa shape index (κ2) is 7.78. The molecule has 0 atom stereocenters. The van der Waals surface area contributed by atoms with Crippen molar-refractivity contribution < 1.29 is 22.7 Å². The van der Waals surface area contributed by atoms with Gasteiger partial charge in [0.15, 0.2) is 0 Å². The van der Waals surface area contributed by atoms with Gasteiger partial charge in [-0.15, -0.1) is 0 Å². The van der Waals surface area contributed by atoms with Gasteiger partial charge in [-0.2, -0.15) is 0 Å². The van der Waals surface area contributed by atoms with E-state index in [0.29, 0.717) is 0 Å². The quantitative estimate of drug-likeness (QED) is 0.736. The molecular weight excluding hydrogens is 398 g/mol. The second-order valence-corrected chi connectivity index (χ2v) is 7.45. The van der Waals surface area contributed by atoms with Crippen molar-refractivity contribution in [2.45, 2.75) is 11.5 Å². The van der Waals surface area contributed by atoms with E-state index < -0.39 is 16.0 Å². The molecule has 0 unspecified atom stereocenters. The molecule has 0 aromatic heterocycles. The number of hydrogen-bond donors (Lipinski definition) is 1. The van der Waals surface area contributed by atoms with E-state index in [1.807, 2.05) is 24.3 Å². The minimum absolute atomic E-state index is 0.0698. The van der Waals surface area contributed by atoms with Crippen molar-refractivity contribution >= 4 is 31.9 Å². The van der Waals surface area contributed by atoms with Crippen molar-refractivity contribution in [3.63, 3.8) is 0 Å². The first-order valence-corrected chi connectivity index (χ1v) is 9.18. The van der Waals surface area contributed by atoms with Crippen LogP contribution < -0.4 is 9.46 Å². The van der Waals surface area contributed by atoms with Gasteiger partial charge in [-0.3, -0.25) is 0 Å². The monoisotopic (exact) mass is 413 g/mol. The number of halogens is 1. The zero-order valence-electron chi connectivity index (χ0n) is 13.1. The highest BCUT2D eigenvalue weighted by Gasteiger charge is 2.20. The molecule has 0 saturated heterocycles. The lowest BCUT2D eigenvalue weighted by atomic mass is 10.2. The summed E-state index contributed by atoms with van der Waals surface area (Å²) in [6.07, 6.45) is 0. The zero-order chi connectivity index (χ0) is 17.7. The first kappa shape index (κ1) is 18.4. The normalized spacial score (nSPS) is 11.1. The molecule has 6 nitrogen and oxygen atoms in total. The van der Waals surface area contributed by atoms with E-state index in [9.17, 15) is 13.2 Å². The summed E-state index contributed by atoms with van der Waals surface area (Å²) < 4.78 is 37.4. The molecular formula is C16H16BrNO5S. The third-order valence-electron chi connectivity index (χ3n) is 3.27. The van der Waals surface area contributed by atoms with Gasteiger partial charge in [-0.1, -0.05) is 34.1 Å². The molecule has 0 aliphatic rings. The summed E-state index contributed by atoms with van der Waals surface area (Å²) in [7, 11) is -1.12. The van der Waals surface area contributed by atoms with Crippen LogP contribution in [0.3, 0.4) is 0 Å². The van der Waals surface area contributed by atoms with Gasteiger partial charge in [0.25, 0.3) is 0 Å². The van der Waals surface area contributed by atoms with Crippen molar-refractivity contribution in [3.05, 3.63) is 58.1 Å². The Morgan fingerprint density at radius 3 is 2.54 bits per heavy atom. The van der Waals surface area contributed by atoms with Crippen LogP contribution in [0.15, 0.2) is 51.8 Å². The average molecular weight is 414 g/mol. The second-order valence-electron chi connectivity index (χ2n) is 4.74. The summed E-state index contributed by atoms with van der Waals surface area (Å²) in [5.41, 5.74) is 0.930. The van der Waals surface area contributed by atoms with Gasteiger partial charge in [0.05, 0.1) is 12.7 Å². The van der Waals surface area contributed by atoms with Crippen LogP contribution in [-0.2, 0) is 21.4 Å². The largest absolute Gasteiger partial charge is 0.495 e. The number of ether oxygens (including phenoxy) is 2. The fourth-order valence-corrected chi connectivity index (χ4v) is 3.28. The lowest BCUT2D eigenvalue weighted by Crippen LogP contribution is -2.20. The molecule has 1 N–H and O–H groups in total. The van der Waals surface area contributed by atoms with Crippen LogP contribution in [0.1, 0.15) is 15.9 Å². The summed E-state index contributed by atoms with van der Waals surface area (Å²) in [5.74, 6) is -0.479. The van der Waals surface area contributed by atoms with E-state index in [0.717, 1.165) is 10.0 Å².